The smallest absolute Gasteiger partial charge is 0.120 e. The van der Waals surface area contributed by atoms with E-state index in [1.807, 2.05) is 49.4 Å². The minimum absolute atomic E-state index is 0.369. The number of aliphatic hydroxyl groups excluding tert-OH is 1. The minimum Gasteiger partial charge on any atom is -0.490 e. The van der Waals surface area contributed by atoms with Crippen LogP contribution in [0.4, 0.5) is 0 Å². The van der Waals surface area contributed by atoms with Gasteiger partial charge < -0.3 is 9.84 Å². The molecule has 0 heterocycles. The molecular weight excluding hydrogens is 316 g/mol. The Hall–Kier alpha value is -1.32. The Morgan fingerprint density at radius 1 is 1.20 bits per heavy atom. The summed E-state index contributed by atoms with van der Waals surface area (Å²) < 4.78 is 6.70. The maximum Gasteiger partial charge on any atom is 0.120 e. The van der Waals surface area contributed by atoms with E-state index in [1.165, 1.54) is 0 Å². The van der Waals surface area contributed by atoms with Gasteiger partial charge >= 0.3 is 0 Å². The first-order chi connectivity index (χ1) is 9.63. The van der Waals surface area contributed by atoms with Crippen molar-refractivity contribution in [3.05, 3.63) is 63.6 Å². The van der Waals surface area contributed by atoms with Gasteiger partial charge in [-0.05, 0) is 49.1 Å². The van der Waals surface area contributed by atoms with Crippen LogP contribution in [0.25, 0.3) is 0 Å². The monoisotopic (exact) mass is 332 g/mol. The molecule has 2 nitrogen and oxygen atoms in total. The largest absolute Gasteiger partial charge is 0.490 e. The van der Waals surface area contributed by atoms with E-state index in [1.54, 1.807) is 0 Å². The average Bonchev–Trinajstić information content (AvgIpc) is 3.25. The van der Waals surface area contributed by atoms with Gasteiger partial charge in [0.25, 0.3) is 0 Å². The maximum absolute atomic E-state index is 10.6. The molecule has 1 fully saturated rings. The van der Waals surface area contributed by atoms with Gasteiger partial charge in [-0.1, -0.05) is 45.8 Å². The van der Waals surface area contributed by atoms with Crippen molar-refractivity contribution in [3.8, 4) is 5.75 Å². The predicted molar refractivity (Wildman–Crippen MR) is 83.0 cm³/mol. The van der Waals surface area contributed by atoms with Crippen molar-refractivity contribution in [2.24, 2.45) is 0 Å². The van der Waals surface area contributed by atoms with Gasteiger partial charge in [0.2, 0.25) is 0 Å². The first-order valence-corrected chi connectivity index (χ1v) is 7.63. The van der Waals surface area contributed by atoms with Crippen LogP contribution in [0.5, 0.6) is 5.75 Å². The summed E-state index contributed by atoms with van der Waals surface area (Å²) in [5.74, 6) is 0.841. The number of hydrogen-bond acceptors (Lipinski definition) is 2. The molecule has 1 aliphatic rings. The zero-order valence-corrected chi connectivity index (χ0v) is 12.9. The van der Waals surface area contributed by atoms with Crippen LogP contribution < -0.4 is 4.74 Å². The summed E-state index contributed by atoms with van der Waals surface area (Å²) in [4.78, 5) is 0. The van der Waals surface area contributed by atoms with Crippen LogP contribution in [0.15, 0.2) is 46.9 Å². The lowest BCUT2D eigenvalue weighted by molar-refractivity contribution is 0.218. The molecule has 1 unspecified atom stereocenters. The number of ether oxygens (including phenoxy) is 1. The van der Waals surface area contributed by atoms with E-state index in [-0.39, 0.29) is 0 Å². The Balaban J connectivity index is 1.88. The van der Waals surface area contributed by atoms with Crippen molar-refractivity contribution in [3.63, 3.8) is 0 Å². The lowest BCUT2D eigenvalue weighted by Crippen LogP contribution is -2.02. The standard InChI is InChI=1S/C17H17BrO2/c1-11-5-8-16(18)15(9-11)17(19)12-3-2-4-14(10-12)20-13-6-7-13/h2-5,8-10,13,17,19H,6-7H2,1H3. The molecule has 1 aliphatic carbocycles. The van der Waals surface area contributed by atoms with Gasteiger partial charge in [0.05, 0.1) is 6.10 Å². The quantitative estimate of drug-likeness (QED) is 0.900. The first kappa shape index (κ1) is 13.7. The molecular formula is C17H17BrO2. The Bertz CT molecular complexity index is 620. The highest BCUT2D eigenvalue weighted by molar-refractivity contribution is 9.10. The van der Waals surface area contributed by atoms with Gasteiger partial charge in [-0.3, -0.25) is 0 Å². The number of rotatable bonds is 4. The molecule has 104 valence electrons. The lowest BCUT2D eigenvalue weighted by atomic mass is 10.00. The number of aliphatic hydroxyl groups is 1. The summed E-state index contributed by atoms with van der Waals surface area (Å²) in [5, 5.41) is 10.6. The molecule has 0 radical (unpaired) electrons. The van der Waals surface area contributed by atoms with Crippen molar-refractivity contribution in [2.75, 3.05) is 0 Å². The molecule has 0 saturated heterocycles. The van der Waals surface area contributed by atoms with Crippen molar-refractivity contribution >= 4 is 15.9 Å². The van der Waals surface area contributed by atoms with Gasteiger partial charge in [-0.15, -0.1) is 0 Å². The van der Waals surface area contributed by atoms with Crippen molar-refractivity contribution < 1.29 is 9.84 Å². The van der Waals surface area contributed by atoms with Crippen LogP contribution in [-0.4, -0.2) is 11.2 Å². The predicted octanol–water partition coefficient (Wildman–Crippen LogP) is 4.38. The normalized spacial score (nSPS) is 15.9. The highest BCUT2D eigenvalue weighted by Gasteiger charge is 2.24. The third kappa shape index (κ3) is 3.05. The third-order valence-electron chi connectivity index (χ3n) is 3.45. The maximum atomic E-state index is 10.6. The molecule has 3 heteroatoms. The fraction of sp³-hybridized carbons (Fsp3) is 0.294. The molecule has 20 heavy (non-hydrogen) atoms. The van der Waals surface area contributed by atoms with Gasteiger partial charge in [0.1, 0.15) is 11.9 Å². The molecule has 0 aliphatic heterocycles. The summed E-state index contributed by atoms with van der Waals surface area (Å²) in [6.07, 6.45) is 1.99. The molecule has 1 N–H and O–H groups in total. The van der Waals surface area contributed by atoms with Crippen molar-refractivity contribution in [1.82, 2.24) is 0 Å². The summed E-state index contributed by atoms with van der Waals surface area (Å²) in [6, 6.07) is 13.7. The van der Waals surface area contributed by atoms with E-state index in [0.29, 0.717) is 6.10 Å². The van der Waals surface area contributed by atoms with E-state index in [9.17, 15) is 5.11 Å². The van der Waals surface area contributed by atoms with E-state index in [4.69, 9.17) is 4.74 Å². The Labute approximate surface area is 127 Å². The second-order valence-corrected chi connectivity index (χ2v) is 6.17. The minimum atomic E-state index is -0.646. The van der Waals surface area contributed by atoms with E-state index in [0.717, 1.165) is 39.8 Å². The second-order valence-electron chi connectivity index (χ2n) is 5.32. The van der Waals surface area contributed by atoms with Crippen LogP contribution in [0.1, 0.15) is 35.6 Å². The molecule has 0 aromatic heterocycles. The molecule has 3 rings (SSSR count). The fourth-order valence-electron chi connectivity index (χ4n) is 2.19. The van der Waals surface area contributed by atoms with Gasteiger partial charge in [0, 0.05) is 4.47 Å². The second kappa shape index (κ2) is 5.58. The van der Waals surface area contributed by atoms with Crippen LogP contribution in [-0.2, 0) is 0 Å². The van der Waals surface area contributed by atoms with E-state index in [2.05, 4.69) is 15.9 Å². The van der Waals surface area contributed by atoms with Gasteiger partial charge in [-0.2, -0.15) is 0 Å². The molecule has 2 aromatic carbocycles. The topological polar surface area (TPSA) is 29.5 Å². The Morgan fingerprint density at radius 2 is 2.00 bits per heavy atom. The van der Waals surface area contributed by atoms with E-state index < -0.39 is 6.10 Å². The molecule has 1 atom stereocenters. The highest BCUT2D eigenvalue weighted by atomic mass is 79.9. The zero-order chi connectivity index (χ0) is 14.1. The average molecular weight is 333 g/mol. The van der Waals surface area contributed by atoms with Crippen LogP contribution in [0.3, 0.4) is 0 Å². The highest BCUT2D eigenvalue weighted by Crippen LogP contribution is 2.32. The first-order valence-electron chi connectivity index (χ1n) is 6.84. The summed E-state index contributed by atoms with van der Waals surface area (Å²) >= 11 is 3.51. The Morgan fingerprint density at radius 3 is 2.75 bits per heavy atom. The lowest BCUT2D eigenvalue weighted by Gasteiger charge is -2.15. The third-order valence-corrected chi connectivity index (χ3v) is 4.17. The summed E-state index contributed by atoms with van der Waals surface area (Å²) in [7, 11) is 0. The van der Waals surface area contributed by atoms with Crippen LogP contribution in [0, 0.1) is 6.92 Å². The molecule has 0 bridgehead atoms. The van der Waals surface area contributed by atoms with Crippen LogP contribution >= 0.6 is 15.9 Å². The summed E-state index contributed by atoms with van der Waals surface area (Å²) in [5.41, 5.74) is 2.87. The van der Waals surface area contributed by atoms with Crippen molar-refractivity contribution in [1.29, 1.82) is 0 Å². The number of benzene rings is 2. The van der Waals surface area contributed by atoms with Gasteiger partial charge in [0.15, 0.2) is 0 Å². The molecule has 0 spiro atoms. The van der Waals surface area contributed by atoms with Crippen LogP contribution in [0.2, 0.25) is 0 Å². The summed E-state index contributed by atoms with van der Waals surface area (Å²) in [6.45, 7) is 2.02. The number of halogens is 1. The number of aryl methyl sites for hydroxylation is 1. The molecule has 2 aromatic rings. The number of hydrogen-bond donors (Lipinski definition) is 1. The van der Waals surface area contributed by atoms with Gasteiger partial charge in [-0.25, -0.2) is 0 Å². The molecule has 1 saturated carbocycles. The molecule has 0 amide bonds. The fourth-order valence-corrected chi connectivity index (χ4v) is 2.65. The zero-order valence-electron chi connectivity index (χ0n) is 11.3. The van der Waals surface area contributed by atoms with Crippen molar-refractivity contribution in [2.45, 2.75) is 32.0 Å². The SMILES string of the molecule is Cc1ccc(Br)c(C(O)c2cccc(OC3CC3)c2)c1. The van der Waals surface area contributed by atoms with E-state index >= 15 is 0 Å². The Kier molecular flexibility index (Phi) is 3.81.